The molecular formula is C24H34N2O3S. The average molecular weight is 431 g/mol. The lowest BCUT2D eigenvalue weighted by atomic mass is 10.0. The van der Waals surface area contributed by atoms with Crippen LogP contribution in [0.3, 0.4) is 0 Å². The van der Waals surface area contributed by atoms with Gasteiger partial charge in [-0.2, -0.15) is 0 Å². The molecular weight excluding hydrogens is 396 g/mol. The van der Waals surface area contributed by atoms with Gasteiger partial charge in [-0.25, -0.2) is 8.42 Å². The van der Waals surface area contributed by atoms with Crippen LogP contribution in [0, 0.1) is 6.92 Å². The fraction of sp³-hybridized carbons (Fsp3) is 0.458. The largest absolute Gasteiger partial charge is 0.354 e. The van der Waals surface area contributed by atoms with Gasteiger partial charge < -0.3 is 5.32 Å². The molecule has 0 spiro atoms. The second-order valence-corrected chi connectivity index (χ2v) is 9.97. The first kappa shape index (κ1) is 23.9. The summed E-state index contributed by atoms with van der Waals surface area (Å²) in [6.45, 7) is 8.58. The highest BCUT2D eigenvalue weighted by atomic mass is 32.2. The molecule has 30 heavy (non-hydrogen) atoms. The summed E-state index contributed by atoms with van der Waals surface area (Å²) in [5.41, 5.74) is 4.01. The number of nitrogens with zero attached hydrogens (tertiary/aromatic N) is 1. The summed E-state index contributed by atoms with van der Waals surface area (Å²) in [5.74, 6) is 0.245. The predicted molar refractivity (Wildman–Crippen MR) is 124 cm³/mol. The lowest BCUT2D eigenvalue weighted by Gasteiger charge is -2.30. The average Bonchev–Trinajstić information content (AvgIpc) is 2.68. The van der Waals surface area contributed by atoms with Crippen LogP contribution in [0.4, 0.5) is 5.69 Å². The van der Waals surface area contributed by atoms with Crippen LogP contribution >= 0.6 is 0 Å². The van der Waals surface area contributed by atoms with Gasteiger partial charge in [-0.1, -0.05) is 57.2 Å². The van der Waals surface area contributed by atoms with E-state index in [4.69, 9.17) is 0 Å². The van der Waals surface area contributed by atoms with Crippen molar-refractivity contribution in [2.45, 2.75) is 58.9 Å². The molecule has 6 heteroatoms. The number of anilines is 1. The van der Waals surface area contributed by atoms with E-state index in [2.05, 4.69) is 43.4 Å². The van der Waals surface area contributed by atoms with E-state index in [1.54, 1.807) is 18.2 Å². The Morgan fingerprint density at radius 1 is 1.10 bits per heavy atom. The number of carbonyl (C=O) groups excluding carboxylic acids is 1. The Labute approximate surface area is 181 Å². The Kier molecular flexibility index (Phi) is 8.47. The molecule has 1 unspecified atom stereocenters. The Morgan fingerprint density at radius 2 is 1.77 bits per heavy atom. The molecule has 2 aromatic carbocycles. The summed E-state index contributed by atoms with van der Waals surface area (Å²) < 4.78 is 26.2. The highest BCUT2D eigenvalue weighted by Gasteiger charge is 2.31. The molecule has 0 radical (unpaired) electrons. The summed E-state index contributed by atoms with van der Waals surface area (Å²) in [4.78, 5) is 12.8. The molecule has 0 aliphatic rings. The maximum atomic E-state index is 12.8. The molecule has 2 rings (SSSR count). The number of aryl methyl sites for hydroxylation is 2. The molecule has 164 valence electrons. The Bertz CT molecular complexity index is 937. The first-order valence-electron chi connectivity index (χ1n) is 10.6. The van der Waals surface area contributed by atoms with Crippen molar-refractivity contribution in [2.75, 3.05) is 17.1 Å². The summed E-state index contributed by atoms with van der Waals surface area (Å²) in [7, 11) is -3.60. The van der Waals surface area contributed by atoms with Crippen LogP contribution in [0.15, 0.2) is 48.5 Å². The lowest BCUT2D eigenvalue weighted by Crippen LogP contribution is -2.49. The zero-order valence-electron chi connectivity index (χ0n) is 18.7. The van der Waals surface area contributed by atoms with Crippen molar-refractivity contribution < 1.29 is 13.2 Å². The molecule has 0 aliphatic heterocycles. The van der Waals surface area contributed by atoms with Crippen molar-refractivity contribution in [1.29, 1.82) is 0 Å². The van der Waals surface area contributed by atoms with Gasteiger partial charge in [0.05, 0.1) is 11.9 Å². The SMILES string of the molecule is CCC(C(=O)NCCCc1ccc(C(C)C)cc1)N(c1cccc(C)c1)S(C)(=O)=O. The second kappa shape index (κ2) is 10.6. The maximum absolute atomic E-state index is 12.8. The van der Waals surface area contributed by atoms with E-state index in [0.717, 1.165) is 24.7 Å². The topological polar surface area (TPSA) is 66.5 Å². The van der Waals surface area contributed by atoms with Gasteiger partial charge in [0.15, 0.2) is 0 Å². The van der Waals surface area contributed by atoms with Crippen LogP contribution in [0.25, 0.3) is 0 Å². The monoisotopic (exact) mass is 430 g/mol. The highest BCUT2D eigenvalue weighted by Crippen LogP contribution is 2.23. The lowest BCUT2D eigenvalue weighted by molar-refractivity contribution is -0.122. The van der Waals surface area contributed by atoms with Crippen molar-refractivity contribution in [1.82, 2.24) is 5.32 Å². The smallest absolute Gasteiger partial charge is 0.243 e. The Hall–Kier alpha value is -2.34. The van der Waals surface area contributed by atoms with Gasteiger partial charge in [-0.05, 0) is 60.9 Å². The molecule has 2 aromatic rings. The van der Waals surface area contributed by atoms with E-state index in [-0.39, 0.29) is 5.91 Å². The molecule has 0 saturated carbocycles. The van der Waals surface area contributed by atoms with Crippen molar-refractivity contribution >= 4 is 21.6 Å². The molecule has 0 bridgehead atoms. The number of hydrogen-bond donors (Lipinski definition) is 1. The molecule has 1 N–H and O–H groups in total. The Balaban J connectivity index is 2.00. The fourth-order valence-electron chi connectivity index (χ4n) is 3.52. The van der Waals surface area contributed by atoms with E-state index in [1.165, 1.54) is 15.4 Å². The molecule has 0 aliphatic carbocycles. The Morgan fingerprint density at radius 3 is 2.30 bits per heavy atom. The van der Waals surface area contributed by atoms with Crippen LogP contribution in [-0.2, 0) is 21.2 Å². The van der Waals surface area contributed by atoms with E-state index < -0.39 is 16.1 Å². The van der Waals surface area contributed by atoms with Crippen LogP contribution in [0.1, 0.15) is 56.2 Å². The minimum atomic E-state index is -3.60. The number of hydrogen-bond acceptors (Lipinski definition) is 3. The maximum Gasteiger partial charge on any atom is 0.243 e. The molecule has 5 nitrogen and oxygen atoms in total. The molecule has 1 atom stereocenters. The van der Waals surface area contributed by atoms with Gasteiger partial charge in [-0.15, -0.1) is 0 Å². The molecule has 0 fully saturated rings. The number of nitrogens with one attached hydrogen (secondary N) is 1. The molecule has 0 heterocycles. The van der Waals surface area contributed by atoms with Gasteiger partial charge in [0.25, 0.3) is 0 Å². The summed E-state index contributed by atoms with van der Waals surface area (Å²) in [6, 6.07) is 15.0. The third-order valence-electron chi connectivity index (χ3n) is 5.17. The molecule has 0 aromatic heterocycles. The van der Waals surface area contributed by atoms with Crippen molar-refractivity contribution in [2.24, 2.45) is 0 Å². The third-order valence-corrected chi connectivity index (χ3v) is 6.35. The molecule has 0 saturated heterocycles. The number of amides is 1. The van der Waals surface area contributed by atoms with E-state index in [9.17, 15) is 13.2 Å². The fourth-order valence-corrected chi connectivity index (χ4v) is 4.72. The zero-order valence-corrected chi connectivity index (χ0v) is 19.5. The number of benzene rings is 2. The van der Waals surface area contributed by atoms with Crippen LogP contribution in [-0.4, -0.2) is 33.2 Å². The number of rotatable bonds is 10. The van der Waals surface area contributed by atoms with E-state index >= 15 is 0 Å². The van der Waals surface area contributed by atoms with E-state index in [1.807, 2.05) is 19.9 Å². The minimum absolute atomic E-state index is 0.264. The van der Waals surface area contributed by atoms with Crippen molar-refractivity contribution in [3.05, 3.63) is 65.2 Å². The van der Waals surface area contributed by atoms with Crippen molar-refractivity contribution in [3.63, 3.8) is 0 Å². The molecule has 1 amide bonds. The highest BCUT2D eigenvalue weighted by molar-refractivity contribution is 7.92. The van der Waals surface area contributed by atoms with Crippen LogP contribution in [0.5, 0.6) is 0 Å². The standard InChI is InChI=1S/C24H34N2O3S/c1-6-23(26(30(5,28)29)22-11-7-9-19(4)17-22)24(27)25-16-8-10-20-12-14-21(15-13-20)18(2)3/h7,9,11-15,17-18,23H,6,8,10,16H2,1-5H3,(H,25,27). The first-order chi connectivity index (χ1) is 14.1. The summed E-state index contributed by atoms with van der Waals surface area (Å²) in [5, 5.41) is 2.93. The minimum Gasteiger partial charge on any atom is -0.354 e. The normalized spacial score (nSPS) is 12.6. The van der Waals surface area contributed by atoms with Crippen LogP contribution in [0.2, 0.25) is 0 Å². The first-order valence-corrected chi connectivity index (χ1v) is 12.4. The van der Waals surface area contributed by atoms with Gasteiger partial charge in [0, 0.05) is 6.54 Å². The number of carbonyl (C=O) groups is 1. The number of sulfonamides is 1. The zero-order chi connectivity index (χ0) is 22.3. The second-order valence-electron chi connectivity index (χ2n) is 8.11. The van der Waals surface area contributed by atoms with Crippen molar-refractivity contribution in [3.8, 4) is 0 Å². The summed E-state index contributed by atoms with van der Waals surface area (Å²) in [6.07, 6.45) is 3.20. The van der Waals surface area contributed by atoms with Gasteiger partial charge in [0.1, 0.15) is 6.04 Å². The predicted octanol–water partition coefficient (Wildman–Crippen LogP) is 4.41. The quantitative estimate of drug-likeness (QED) is 0.568. The van der Waals surface area contributed by atoms with Gasteiger partial charge in [-0.3, -0.25) is 9.10 Å². The van der Waals surface area contributed by atoms with Crippen LogP contribution < -0.4 is 9.62 Å². The summed E-state index contributed by atoms with van der Waals surface area (Å²) >= 11 is 0. The van der Waals surface area contributed by atoms with Gasteiger partial charge >= 0.3 is 0 Å². The third kappa shape index (κ3) is 6.59. The van der Waals surface area contributed by atoms with Gasteiger partial charge in [0.2, 0.25) is 15.9 Å². The van der Waals surface area contributed by atoms with E-state index in [0.29, 0.717) is 24.6 Å².